The molecule has 0 atom stereocenters. The van der Waals surface area contributed by atoms with Crippen LogP contribution in [-0.2, 0) is 10.0 Å². The molecule has 1 rings (SSSR count). The maximum Gasteiger partial charge on any atom is 0.402 e. The maximum absolute atomic E-state index is 12.5. The van der Waals surface area contributed by atoms with Crippen LogP contribution in [0.4, 0.5) is 18.9 Å². The lowest BCUT2D eigenvalue weighted by molar-refractivity contribution is -0.135. The number of nitrogens with zero attached hydrogens (tertiary/aromatic N) is 1. The van der Waals surface area contributed by atoms with Gasteiger partial charge in [-0.3, -0.25) is 0 Å². The highest BCUT2D eigenvalue weighted by Gasteiger charge is 2.37. The van der Waals surface area contributed by atoms with E-state index in [4.69, 9.17) is 10.5 Å². The largest absolute Gasteiger partial charge is 0.492 e. The number of ether oxygens (including phenoxy) is 1. The first-order chi connectivity index (χ1) is 9.61. The molecule has 120 valence electrons. The molecule has 0 spiro atoms. The number of alkyl halides is 3. The summed E-state index contributed by atoms with van der Waals surface area (Å²) in [5.74, 6) is -0.0210. The van der Waals surface area contributed by atoms with Crippen LogP contribution >= 0.6 is 0 Å². The van der Waals surface area contributed by atoms with E-state index < -0.39 is 22.7 Å². The quantitative estimate of drug-likeness (QED) is 0.814. The molecule has 1 aromatic carbocycles. The maximum atomic E-state index is 12.5. The Bertz CT molecular complexity index is 588. The molecule has 21 heavy (non-hydrogen) atoms. The highest BCUT2D eigenvalue weighted by molar-refractivity contribution is 7.89. The van der Waals surface area contributed by atoms with Crippen molar-refractivity contribution >= 4 is 15.7 Å². The summed E-state index contributed by atoms with van der Waals surface area (Å²) in [6.45, 7) is 1.27. The van der Waals surface area contributed by atoms with Gasteiger partial charge in [-0.1, -0.05) is 6.92 Å². The van der Waals surface area contributed by atoms with E-state index in [1.54, 1.807) is 6.92 Å². The zero-order valence-electron chi connectivity index (χ0n) is 11.6. The monoisotopic (exact) mass is 326 g/mol. The molecule has 1 aromatic rings. The molecule has 9 heteroatoms. The third kappa shape index (κ3) is 4.50. The van der Waals surface area contributed by atoms with Gasteiger partial charge in [0.15, 0.2) is 0 Å². The van der Waals surface area contributed by atoms with Gasteiger partial charge >= 0.3 is 6.18 Å². The van der Waals surface area contributed by atoms with Gasteiger partial charge in [0.05, 0.1) is 6.61 Å². The number of nitrogens with two attached hydrogens (primary N) is 1. The van der Waals surface area contributed by atoms with Gasteiger partial charge < -0.3 is 10.5 Å². The predicted molar refractivity (Wildman–Crippen MR) is 72.5 cm³/mol. The van der Waals surface area contributed by atoms with Crippen LogP contribution in [0.15, 0.2) is 23.1 Å². The van der Waals surface area contributed by atoms with Crippen molar-refractivity contribution in [1.82, 2.24) is 4.31 Å². The lowest BCUT2D eigenvalue weighted by Gasteiger charge is -2.23. The minimum absolute atomic E-state index is 0.0210. The van der Waals surface area contributed by atoms with Crippen LogP contribution in [0.25, 0.3) is 0 Å². The van der Waals surface area contributed by atoms with Crippen LogP contribution < -0.4 is 10.5 Å². The predicted octanol–water partition coefficient (Wildman–Crippen LogP) is 2.24. The molecular weight excluding hydrogens is 309 g/mol. The van der Waals surface area contributed by atoms with Gasteiger partial charge in [-0.25, -0.2) is 8.42 Å². The SMILES string of the molecule is CCOc1ccc(N)cc1S(=O)(=O)N(CC)CC(F)(F)F. The van der Waals surface area contributed by atoms with Gasteiger partial charge in [0.2, 0.25) is 10.0 Å². The van der Waals surface area contributed by atoms with E-state index in [9.17, 15) is 21.6 Å². The number of sulfonamides is 1. The number of rotatable bonds is 6. The third-order valence-corrected chi connectivity index (χ3v) is 4.54. The number of benzene rings is 1. The zero-order chi connectivity index (χ0) is 16.3. The second kappa shape index (κ2) is 6.52. The summed E-state index contributed by atoms with van der Waals surface area (Å²) in [6.07, 6.45) is -4.63. The molecule has 0 aliphatic rings. The average molecular weight is 326 g/mol. The number of hydrogen-bond acceptors (Lipinski definition) is 4. The van der Waals surface area contributed by atoms with Crippen molar-refractivity contribution in [3.63, 3.8) is 0 Å². The van der Waals surface area contributed by atoms with Gasteiger partial charge in [0.25, 0.3) is 0 Å². The van der Waals surface area contributed by atoms with E-state index in [2.05, 4.69) is 0 Å². The summed E-state index contributed by atoms with van der Waals surface area (Å²) in [4.78, 5) is -0.365. The molecule has 0 saturated carbocycles. The fourth-order valence-corrected chi connectivity index (χ4v) is 3.31. The Morgan fingerprint density at radius 1 is 1.29 bits per heavy atom. The molecular formula is C12H17F3N2O3S. The Labute approximate surface area is 121 Å². The highest BCUT2D eigenvalue weighted by Crippen LogP contribution is 2.30. The van der Waals surface area contributed by atoms with E-state index in [0.29, 0.717) is 4.31 Å². The van der Waals surface area contributed by atoms with Crippen molar-refractivity contribution in [2.45, 2.75) is 24.9 Å². The first-order valence-electron chi connectivity index (χ1n) is 6.21. The molecule has 0 aliphatic heterocycles. The van der Waals surface area contributed by atoms with E-state index in [1.165, 1.54) is 19.1 Å². The third-order valence-electron chi connectivity index (χ3n) is 2.59. The Balaban J connectivity index is 3.31. The smallest absolute Gasteiger partial charge is 0.402 e. The van der Waals surface area contributed by atoms with Crippen LogP contribution in [-0.4, -0.2) is 38.6 Å². The van der Waals surface area contributed by atoms with Crippen LogP contribution in [0, 0.1) is 0 Å². The average Bonchev–Trinajstić information content (AvgIpc) is 2.37. The summed E-state index contributed by atoms with van der Waals surface area (Å²) in [6, 6.07) is 3.84. The minimum Gasteiger partial charge on any atom is -0.492 e. The van der Waals surface area contributed by atoms with Crippen molar-refractivity contribution in [3.8, 4) is 5.75 Å². The normalized spacial score (nSPS) is 12.7. The molecule has 0 saturated heterocycles. The minimum atomic E-state index is -4.63. The van der Waals surface area contributed by atoms with Crippen molar-refractivity contribution in [1.29, 1.82) is 0 Å². The Morgan fingerprint density at radius 3 is 2.38 bits per heavy atom. The fourth-order valence-electron chi connectivity index (χ4n) is 1.71. The summed E-state index contributed by atoms with van der Waals surface area (Å²) < 4.78 is 67.8. The van der Waals surface area contributed by atoms with Crippen molar-refractivity contribution in [2.75, 3.05) is 25.4 Å². The van der Waals surface area contributed by atoms with E-state index in [0.717, 1.165) is 6.07 Å². The van der Waals surface area contributed by atoms with Crippen molar-refractivity contribution in [2.24, 2.45) is 0 Å². The number of hydrogen-bond donors (Lipinski definition) is 1. The Kier molecular flexibility index (Phi) is 5.46. The second-order valence-corrected chi connectivity index (χ2v) is 6.09. The summed E-state index contributed by atoms with van der Waals surface area (Å²) in [5, 5.41) is 0. The lowest BCUT2D eigenvalue weighted by atomic mass is 10.3. The number of nitrogen functional groups attached to an aromatic ring is 1. The second-order valence-electron chi connectivity index (χ2n) is 4.19. The van der Waals surface area contributed by atoms with Crippen LogP contribution in [0.3, 0.4) is 0 Å². The van der Waals surface area contributed by atoms with Crippen molar-refractivity contribution < 1.29 is 26.3 Å². The van der Waals surface area contributed by atoms with Gasteiger partial charge in [0.1, 0.15) is 17.2 Å². The fraction of sp³-hybridized carbons (Fsp3) is 0.500. The number of halogens is 3. The lowest BCUT2D eigenvalue weighted by Crippen LogP contribution is -2.38. The van der Waals surface area contributed by atoms with Crippen LogP contribution in [0.2, 0.25) is 0 Å². The molecule has 0 heterocycles. The molecule has 0 bridgehead atoms. The Morgan fingerprint density at radius 2 is 1.90 bits per heavy atom. The van der Waals surface area contributed by atoms with Gasteiger partial charge in [-0.15, -0.1) is 0 Å². The summed E-state index contributed by atoms with van der Waals surface area (Å²) in [7, 11) is -4.35. The molecule has 5 nitrogen and oxygen atoms in total. The number of anilines is 1. The van der Waals surface area contributed by atoms with Gasteiger partial charge in [0, 0.05) is 12.2 Å². The van der Waals surface area contributed by atoms with Crippen LogP contribution in [0.1, 0.15) is 13.8 Å². The first kappa shape index (κ1) is 17.6. The molecule has 2 N–H and O–H groups in total. The molecule has 0 aromatic heterocycles. The Hall–Kier alpha value is -1.48. The van der Waals surface area contributed by atoms with E-state index in [1.807, 2.05) is 0 Å². The molecule has 0 aliphatic carbocycles. The molecule has 0 radical (unpaired) electrons. The van der Waals surface area contributed by atoms with E-state index >= 15 is 0 Å². The molecule has 0 fully saturated rings. The first-order valence-corrected chi connectivity index (χ1v) is 7.65. The standard InChI is InChI=1S/C12H17F3N2O3S/c1-3-17(8-12(13,14)15)21(18,19)11-7-9(16)5-6-10(11)20-4-2/h5-7H,3-4,8,16H2,1-2H3. The van der Waals surface area contributed by atoms with Crippen molar-refractivity contribution in [3.05, 3.63) is 18.2 Å². The molecule has 0 amide bonds. The zero-order valence-corrected chi connectivity index (χ0v) is 12.5. The summed E-state index contributed by atoms with van der Waals surface area (Å²) in [5.41, 5.74) is 5.65. The summed E-state index contributed by atoms with van der Waals surface area (Å²) >= 11 is 0. The van der Waals surface area contributed by atoms with Crippen LogP contribution in [0.5, 0.6) is 5.75 Å². The van der Waals surface area contributed by atoms with E-state index in [-0.39, 0.29) is 29.5 Å². The highest BCUT2D eigenvalue weighted by atomic mass is 32.2. The molecule has 0 unspecified atom stereocenters. The topological polar surface area (TPSA) is 72.6 Å². The van der Waals surface area contributed by atoms with Gasteiger partial charge in [-0.2, -0.15) is 17.5 Å². The van der Waals surface area contributed by atoms with Gasteiger partial charge in [-0.05, 0) is 25.1 Å².